The fourth-order valence-corrected chi connectivity index (χ4v) is 5.42. The third-order valence-electron chi connectivity index (χ3n) is 7.31. The molecule has 0 atom stereocenters. The summed E-state index contributed by atoms with van der Waals surface area (Å²) < 4.78 is 2.02. The van der Waals surface area contributed by atoms with E-state index in [9.17, 15) is 9.59 Å². The maximum atomic E-state index is 12.9. The monoisotopic (exact) mass is 492 g/mol. The maximum absolute atomic E-state index is 12.9. The quantitative estimate of drug-likeness (QED) is 0.455. The zero-order valence-corrected chi connectivity index (χ0v) is 20.7. The Bertz CT molecular complexity index is 1530. The lowest BCUT2D eigenvalue weighted by Crippen LogP contribution is -2.32. The number of hydrogen-bond donors (Lipinski definition) is 1. The first-order valence-corrected chi connectivity index (χ1v) is 12.6. The van der Waals surface area contributed by atoms with Crippen LogP contribution in [0, 0.1) is 0 Å². The van der Waals surface area contributed by atoms with E-state index in [4.69, 9.17) is 5.73 Å². The summed E-state index contributed by atoms with van der Waals surface area (Å²) in [6.45, 7) is 2.30. The van der Waals surface area contributed by atoms with Crippen molar-refractivity contribution in [3.05, 3.63) is 72.6 Å². The van der Waals surface area contributed by atoms with Gasteiger partial charge in [0.15, 0.2) is 0 Å². The summed E-state index contributed by atoms with van der Waals surface area (Å²) in [6.07, 6.45) is 7.97. The number of aryl methyl sites for hydroxylation is 1. The second-order valence-electron chi connectivity index (χ2n) is 9.54. The molecule has 1 saturated heterocycles. The molecule has 4 aromatic rings. The van der Waals surface area contributed by atoms with Crippen molar-refractivity contribution in [1.82, 2.24) is 19.4 Å². The lowest BCUT2D eigenvalue weighted by atomic mass is 9.97. The van der Waals surface area contributed by atoms with Crippen molar-refractivity contribution < 1.29 is 9.59 Å². The zero-order valence-electron chi connectivity index (χ0n) is 20.7. The van der Waals surface area contributed by atoms with Crippen molar-refractivity contribution in [2.75, 3.05) is 30.3 Å². The molecule has 1 fully saturated rings. The molecule has 0 saturated carbocycles. The van der Waals surface area contributed by atoms with E-state index >= 15 is 0 Å². The highest BCUT2D eigenvalue weighted by atomic mass is 16.2. The summed E-state index contributed by atoms with van der Waals surface area (Å²) in [5.41, 5.74) is 12.4. The van der Waals surface area contributed by atoms with Gasteiger partial charge >= 0.3 is 0 Å². The number of likely N-dealkylation sites (tertiary alicyclic amines) is 1. The average molecular weight is 493 g/mol. The van der Waals surface area contributed by atoms with Crippen molar-refractivity contribution in [3.63, 3.8) is 0 Å². The van der Waals surface area contributed by atoms with Crippen LogP contribution in [-0.4, -0.2) is 50.9 Å². The van der Waals surface area contributed by atoms with E-state index in [1.165, 1.54) is 6.33 Å². The highest BCUT2D eigenvalue weighted by Gasteiger charge is 2.24. The number of fused-ring (bicyclic) bond motifs is 1. The van der Waals surface area contributed by atoms with Crippen LogP contribution in [0.1, 0.15) is 29.6 Å². The molecule has 0 aliphatic carbocycles. The Kier molecular flexibility index (Phi) is 5.71. The largest absolute Gasteiger partial charge is 0.383 e. The summed E-state index contributed by atoms with van der Waals surface area (Å²) in [6, 6.07) is 15.7. The summed E-state index contributed by atoms with van der Waals surface area (Å²) in [5, 5.41) is 0.777. The predicted molar refractivity (Wildman–Crippen MR) is 145 cm³/mol. The molecule has 2 N–H and O–H groups in total. The van der Waals surface area contributed by atoms with E-state index in [2.05, 4.69) is 9.97 Å². The van der Waals surface area contributed by atoms with Crippen LogP contribution in [0.3, 0.4) is 0 Å². The summed E-state index contributed by atoms with van der Waals surface area (Å²) in [7, 11) is 1.96. The minimum absolute atomic E-state index is 0.00379. The Balaban J connectivity index is 1.44. The molecule has 2 aliphatic rings. The number of carbonyl (C=O) groups is 2. The number of anilines is 2. The second-order valence-corrected chi connectivity index (χ2v) is 9.54. The fraction of sp³-hybridized carbons (Fsp3) is 0.241. The van der Waals surface area contributed by atoms with Crippen LogP contribution >= 0.6 is 0 Å². The van der Waals surface area contributed by atoms with Crippen molar-refractivity contribution in [2.45, 2.75) is 19.3 Å². The Morgan fingerprint density at radius 1 is 0.919 bits per heavy atom. The molecule has 0 radical (unpaired) electrons. The number of aromatic nitrogens is 3. The van der Waals surface area contributed by atoms with Crippen molar-refractivity contribution >= 4 is 34.4 Å². The van der Waals surface area contributed by atoms with E-state index < -0.39 is 0 Å². The topological polar surface area (TPSA) is 97.4 Å². The normalized spacial score (nSPS) is 15.6. The lowest BCUT2D eigenvalue weighted by Gasteiger charge is -2.23. The molecule has 2 aliphatic heterocycles. The molecule has 0 bridgehead atoms. The minimum atomic E-state index is -0.00379. The number of nitrogens with two attached hydrogens (primary N) is 1. The van der Waals surface area contributed by atoms with Gasteiger partial charge in [-0.15, -0.1) is 0 Å². The van der Waals surface area contributed by atoms with Crippen molar-refractivity contribution in [1.29, 1.82) is 0 Å². The van der Waals surface area contributed by atoms with Gasteiger partial charge in [0.25, 0.3) is 11.8 Å². The van der Waals surface area contributed by atoms with E-state index in [-0.39, 0.29) is 11.8 Å². The fourth-order valence-electron chi connectivity index (χ4n) is 5.42. The van der Waals surface area contributed by atoms with Crippen LogP contribution in [0.25, 0.3) is 33.4 Å². The number of nitrogen functional groups attached to an aromatic ring is 1. The van der Waals surface area contributed by atoms with Crippen molar-refractivity contribution in [3.8, 4) is 22.4 Å². The predicted octanol–water partition coefficient (Wildman–Crippen LogP) is 4.41. The summed E-state index contributed by atoms with van der Waals surface area (Å²) in [5.74, 6) is 0.472. The van der Waals surface area contributed by atoms with E-state index in [1.807, 2.05) is 71.1 Å². The molecule has 0 spiro atoms. The number of nitrogens with zero attached hydrogens (tertiary/aromatic N) is 5. The van der Waals surface area contributed by atoms with Gasteiger partial charge in [-0.3, -0.25) is 9.59 Å². The molecule has 6 rings (SSSR count). The first-order chi connectivity index (χ1) is 18.0. The van der Waals surface area contributed by atoms with E-state index in [0.717, 1.165) is 71.5 Å². The van der Waals surface area contributed by atoms with Crippen LogP contribution in [0.2, 0.25) is 0 Å². The van der Waals surface area contributed by atoms with Crippen LogP contribution in [-0.2, 0) is 11.8 Å². The number of carbonyl (C=O) groups excluding carboxylic acids is 2. The molecule has 0 unspecified atom stereocenters. The van der Waals surface area contributed by atoms with Gasteiger partial charge in [0, 0.05) is 43.5 Å². The molecule has 8 nitrogen and oxygen atoms in total. The van der Waals surface area contributed by atoms with Gasteiger partial charge in [-0.1, -0.05) is 30.3 Å². The van der Waals surface area contributed by atoms with Gasteiger partial charge in [0.2, 0.25) is 0 Å². The van der Waals surface area contributed by atoms with E-state index in [0.29, 0.717) is 17.9 Å². The Hall–Kier alpha value is -4.46. The van der Waals surface area contributed by atoms with Crippen LogP contribution in [0.5, 0.6) is 0 Å². The third kappa shape index (κ3) is 3.94. The van der Waals surface area contributed by atoms with Gasteiger partial charge in [-0.25, -0.2) is 9.97 Å². The van der Waals surface area contributed by atoms with Crippen LogP contribution in [0.15, 0.2) is 67.0 Å². The number of hydrogen-bond acceptors (Lipinski definition) is 5. The van der Waals surface area contributed by atoms with Crippen molar-refractivity contribution in [2.24, 2.45) is 7.05 Å². The molecule has 8 heteroatoms. The zero-order chi connectivity index (χ0) is 25.5. The first kappa shape index (κ1) is 23.0. The van der Waals surface area contributed by atoms with Gasteiger partial charge < -0.3 is 20.1 Å². The molecule has 4 heterocycles. The number of amides is 2. The molecular weight excluding hydrogens is 464 g/mol. The lowest BCUT2D eigenvalue weighted by molar-refractivity contribution is -0.114. The maximum Gasteiger partial charge on any atom is 0.253 e. The van der Waals surface area contributed by atoms with Gasteiger partial charge in [-0.05, 0) is 60.7 Å². The SMILES string of the molecule is Cn1c(-c2ccc(N3CCC=CC3=O)cc2)c(-c2ccc(C(=O)N3CCCC3)cc2)c2c(N)ncnc21. The highest BCUT2D eigenvalue weighted by molar-refractivity contribution is 6.08. The number of rotatable bonds is 4. The molecule has 37 heavy (non-hydrogen) atoms. The van der Waals surface area contributed by atoms with E-state index in [1.54, 1.807) is 11.0 Å². The van der Waals surface area contributed by atoms with Gasteiger partial charge in [0.1, 0.15) is 17.8 Å². The van der Waals surface area contributed by atoms with Crippen LogP contribution < -0.4 is 10.6 Å². The molecule has 2 amide bonds. The summed E-state index contributed by atoms with van der Waals surface area (Å²) >= 11 is 0. The Morgan fingerprint density at radius 2 is 1.62 bits per heavy atom. The Labute approximate surface area is 215 Å². The van der Waals surface area contributed by atoms with Crippen LogP contribution in [0.4, 0.5) is 11.5 Å². The second kappa shape index (κ2) is 9.20. The first-order valence-electron chi connectivity index (χ1n) is 12.6. The molecule has 2 aromatic carbocycles. The molecular formula is C29H28N6O2. The summed E-state index contributed by atoms with van der Waals surface area (Å²) in [4.78, 5) is 37.7. The molecule has 186 valence electrons. The average Bonchev–Trinajstić information content (AvgIpc) is 3.57. The van der Waals surface area contributed by atoms with Gasteiger partial charge in [-0.2, -0.15) is 0 Å². The number of benzene rings is 2. The minimum Gasteiger partial charge on any atom is -0.383 e. The molecule has 2 aromatic heterocycles. The van der Waals surface area contributed by atoms with Gasteiger partial charge in [0.05, 0.1) is 11.1 Å². The Morgan fingerprint density at radius 3 is 2.32 bits per heavy atom. The smallest absolute Gasteiger partial charge is 0.253 e. The highest BCUT2D eigenvalue weighted by Crippen LogP contribution is 2.42. The third-order valence-corrected chi connectivity index (χ3v) is 7.31. The standard InChI is InChI=1S/C29H28N6O2/c1-33-26(20-11-13-22(14-12-20)35-17-3-2-6-23(35)36)24(25-27(30)31-18-32-28(25)33)19-7-9-21(10-8-19)29(37)34-15-4-5-16-34/h2,6-14,18H,3-5,15-17H2,1H3,(H2,30,31,32).